The molecule has 0 saturated heterocycles. The first kappa shape index (κ1) is 18.8. The molecule has 1 aromatic rings. The molecule has 1 amide bonds. The first-order valence-electron chi connectivity index (χ1n) is 8.18. The highest BCUT2D eigenvalue weighted by Gasteiger charge is 2.01. The third-order valence-corrected chi connectivity index (χ3v) is 3.12. The molecule has 0 saturated carbocycles. The summed E-state index contributed by atoms with van der Waals surface area (Å²) in [5, 5.41) is 6.56. The Morgan fingerprint density at radius 3 is 2.78 bits per heavy atom. The van der Waals surface area contributed by atoms with Crippen LogP contribution in [0.5, 0.6) is 5.75 Å². The predicted molar refractivity (Wildman–Crippen MR) is 93.5 cm³/mol. The molecule has 6 heteroatoms. The average molecular weight is 320 g/mol. The largest absolute Gasteiger partial charge is 0.484 e. The zero-order valence-electron chi connectivity index (χ0n) is 14.1. The third kappa shape index (κ3) is 8.70. The molecule has 128 valence electrons. The maximum absolute atomic E-state index is 10.8. The van der Waals surface area contributed by atoms with Crippen molar-refractivity contribution in [1.29, 1.82) is 0 Å². The highest BCUT2D eigenvalue weighted by atomic mass is 16.5. The van der Waals surface area contributed by atoms with Crippen LogP contribution in [0.15, 0.2) is 29.3 Å². The van der Waals surface area contributed by atoms with E-state index >= 15 is 0 Å². The topological polar surface area (TPSA) is 88.7 Å². The van der Waals surface area contributed by atoms with E-state index in [1.165, 1.54) is 12.8 Å². The summed E-state index contributed by atoms with van der Waals surface area (Å²) in [6.07, 6.45) is 3.55. The highest BCUT2D eigenvalue weighted by molar-refractivity contribution is 5.79. The number of aliphatic imine (C=N–C) groups is 1. The molecule has 0 aliphatic rings. The van der Waals surface area contributed by atoms with Gasteiger partial charge in [-0.25, -0.2) is 4.99 Å². The lowest BCUT2D eigenvalue weighted by Crippen LogP contribution is -2.37. The molecular weight excluding hydrogens is 292 g/mol. The summed E-state index contributed by atoms with van der Waals surface area (Å²) >= 11 is 0. The molecule has 4 N–H and O–H groups in total. The Morgan fingerprint density at radius 2 is 2.09 bits per heavy atom. The Balaban J connectivity index is 2.56. The summed E-state index contributed by atoms with van der Waals surface area (Å²) in [5.74, 6) is 0.948. The van der Waals surface area contributed by atoms with Crippen molar-refractivity contribution in [3.63, 3.8) is 0 Å². The van der Waals surface area contributed by atoms with Crippen LogP contribution in [-0.2, 0) is 11.3 Å². The Labute approximate surface area is 138 Å². The Bertz CT molecular complexity index is 503. The number of hydrogen-bond donors (Lipinski definition) is 3. The molecule has 0 aliphatic carbocycles. The molecule has 0 radical (unpaired) electrons. The first-order chi connectivity index (χ1) is 11.2. The predicted octanol–water partition coefficient (Wildman–Crippen LogP) is 1.80. The smallest absolute Gasteiger partial charge is 0.255 e. The standard InChI is InChI=1S/C17H28N4O2/c1-3-5-6-10-20-17(19-4-2)21-12-14-8-7-9-15(11-14)23-13-16(18)22/h7-9,11H,3-6,10,12-13H2,1-2H3,(H2,18,22)(H2,19,20,21). The first-order valence-corrected chi connectivity index (χ1v) is 8.18. The highest BCUT2D eigenvalue weighted by Crippen LogP contribution is 2.13. The summed E-state index contributed by atoms with van der Waals surface area (Å²) in [4.78, 5) is 15.3. The maximum atomic E-state index is 10.8. The lowest BCUT2D eigenvalue weighted by molar-refractivity contribution is -0.119. The van der Waals surface area contributed by atoms with Gasteiger partial charge in [0.15, 0.2) is 12.6 Å². The van der Waals surface area contributed by atoms with Crippen molar-refractivity contribution in [2.75, 3.05) is 19.7 Å². The number of nitrogens with two attached hydrogens (primary N) is 1. The van der Waals surface area contributed by atoms with E-state index in [-0.39, 0.29) is 6.61 Å². The maximum Gasteiger partial charge on any atom is 0.255 e. The van der Waals surface area contributed by atoms with Crippen LogP contribution in [0.2, 0.25) is 0 Å². The summed E-state index contributed by atoms with van der Waals surface area (Å²) < 4.78 is 5.30. The number of primary amides is 1. The molecule has 23 heavy (non-hydrogen) atoms. The van der Waals surface area contributed by atoms with E-state index in [0.29, 0.717) is 12.3 Å². The monoisotopic (exact) mass is 320 g/mol. The molecule has 0 aromatic heterocycles. The minimum absolute atomic E-state index is 0.117. The van der Waals surface area contributed by atoms with Gasteiger partial charge in [0.25, 0.3) is 5.91 Å². The molecule has 0 heterocycles. The fourth-order valence-corrected chi connectivity index (χ4v) is 1.98. The number of nitrogens with one attached hydrogen (secondary N) is 2. The lowest BCUT2D eigenvalue weighted by atomic mass is 10.2. The third-order valence-electron chi connectivity index (χ3n) is 3.12. The van der Waals surface area contributed by atoms with E-state index in [1.54, 1.807) is 6.07 Å². The fraction of sp³-hybridized carbons (Fsp3) is 0.529. The fourth-order valence-electron chi connectivity index (χ4n) is 1.98. The van der Waals surface area contributed by atoms with E-state index in [0.717, 1.165) is 31.0 Å². The zero-order chi connectivity index (χ0) is 16.9. The van der Waals surface area contributed by atoms with Crippen molar-refractivity contribution in [3.05, 3.63) is 29.8 Å². The van der Waals surface area contributed by atoms with Crippen molar-refractivity contribution < 1.29 is 9.53 Å². The van der Waals surface area contributed by atoms with Crippen molar-refractivity contribution in [2.24, 2.45) is 10.7 Å². The molecule has 1 rings (SSSR count). The van der Waals surface area contributed by atoms with Crippen LogP contribution in [-0.4, -0.2) is 31.6 Å². The number of benzene rings is 1. The minimum atomic E-state index is -0.487. The lowest BCUT2D eigenvalue weighted by Gasteiger charge is -2.11. The minimum Gasteiger partial charge on any atom is -0.484 e. The summed E-state index contributed by atoms with van der Waals surface area (Å²) in [5.41, 5.74) is 6.09. The van der Waals surface area contributed by atoms with Gasteiger partial charge in [0.05, 0.1) is 6.54 Å². The number of unbranched alkanes of at least 4 members (excludes halogenated alkanes) is 2. The number of carbonyl (C=O) groups excluding carboxylic acids is 1. The summed E-state index contributed by atoms with van der Waals surface area (Å²) in [7, 11) is 0. The average Bonchev–Trinajstić information content (AvgIpc) is 2.55. The number of amides is 1. The van der Waals surface area contributed by atoms with E-state index < -0.39 is 5.91 Å². The van der Waals surface area contributed by atoms with E-state index in [4.69, 9.17) is 10.5 Å². The SMILES string of the molecule is CCCCCNC(=NCc1cccc(OCC(N)=O)c1)NCC. The van der Waals surface area contributed by atoms with Gasteiger partial charge >= 0.3 is 0 Å². The van der Waals surface area contributed by atoms with Gasteiger partial charge in [-0.2, -0.15) is 0 Å². The number of hydrogen-bond acceptors (Lipinski definition) is 3. The molecule has 1 aromatic carbocycles. The van der Waals surface area contributed by atoms with E-state index in [2.05, 4.69) is 22.5 Å². The van der Waals surface area contributed by atoms with E-state index in [9.17, 15) is 4.79 Å². The second-order valence-corrected chi connectivity index (χ2v) is 5.23. The molecule has 0 aliphatic heterocycles. The van der Waals surface area contributed by atoms with Crippen LogP contribution in [0.3, 0.4) is 0 Å². The van der Waals surface area contributed by atoms with Gasteiger partial charge in [-0.15, -0.1) is 0 Å². The number of ether oxygens (including phenoxy) is 1. The van der Waals surface area contributed by atoms with Crippen molar-refractivity contribution in [1.82, 2.24) is 10.6 Å². The van der Waals surface area contributed by atoms with Crippen molar-refractivity contribution >= 4 is 11.9 Å². The quantitative estimate of drug-likeness (QED) is 0.348. The van der Waals surface area contributed by atoms with Crippen LogP contribution in [0.4, 0.5) is 0 Å². The molecular formula is C17H28N4O2. The number of nitrogens with zero attached hydrogens (tertiary/aromatic N) is 1. The zero-order valence-corrected chi connectivity index (χ0v) is 14.1. The van der Waals surface area contributed by atoms with Gasteiger partial charge in [-0.05, 0) is 31.0 Å². The Kier molecular flexibility index (Phi) is 9.28. The molecule has 6 nitrogen and oxygen atoms in total. The molecule has 0 atom stereocenters. The van der Waals surface area contributed by atoms with Gasteiger partial charge in [-0.1, -0.05) is 31.9 Å². The van der Waals surface area contributed by atoms with Gasteiger partial charge in [0.1, 0.15) is 5.75 Å². The normalized spacial score (nSPS) is 11.1. The van der Waals surface area contributed by atoms with Crippen LogP contribution in [0.25, 0.3) is 0 Å². The summed E-state index contributed by atoms with van der Waals surface area (Å²) in [6, 6.07) is 7.52. The number of rotatable bonds is 10. The Morgan fingerprint density at radius 1 is 1.26 bits per heavy atom. The second kappa shape index (κ2) is 11.3. The molecule has 0 bridgehead atoms. The van der Waals surface area contributed by atoms with Gasteiger partial charge < -0.3 is 21.1 Å². The molecule has 0 unspecified atom stereocenters. The van der Waals surface area contributed by atoms with Gasteiger partial charge in [0, 0.05) is 13.1 Å². The summed E-state index contributed by atoms with van der Waals surface area (Å²) in [6.45, 7) is 6.39. The Hall–Kier alpha value is -2.24. The van der Waals surface area contributed by atoms with Gasteiger partial charge in [-0.3, -0.25) is 4.79 Å². The van der Waals surface area contributed by atoms with Crippen LogP contribution >= 0.6 is 0 Å². The van der Waals surface area contributed by atoms with E-state index in [1.807, 2.05) is 25.1 Å². The second-order valence-electron chi connectivity index (χ2n) is 5.23. The molecule has 0 fully saturated rings. The van der Waals surface area contributed by atoms with Crippen molar-refractivity contribution in [2.45, 2.75) is 39.7 Å². The van der Waals surface area contributed by atoms with Crippen LogP contribution in [0, 0.1) is 0 Å². The molecule has 0 spiro atoms. The van der Waals surface area contributed by atoms with Crippen LogP contribution in [0.1, 0.15) is 38.7 Å². The number of carbonyl (C=O) groups is 1. The van der Waals surface area contributed by atoms with Crippen molar-refractivity contribution in [3.8, 4) is 5.75 Å². The van der Waals surface area contributed by atoms with Gasteiger partial charge in [0.2, 0.25) is 0 Å². The van der Waals surface area contributed by atoms with Crippen LogP contribution < -0.4 is 21.1 Å². The number of guanidine groups is 1.